The molecule has 0 aliphatic carbocycles. The van der Waals surface area contributed by atoms with Crippen molar-refractivity contribution in [1.29, 1.82) is 0 Å². The number of anilines is 3. The maximum Gasteiger partial charge on any atom is 0.211 e. The van der Waals surface area contributed by atoms with Crippen LogP contribution in [0.5, 0.6) is 11.5 Å². The summed E-state index contributed by atoms with van der Waals surface area (Å²) in [6.45, 7) is 0. The minimum absolute atomic E-state index is 0.478. The normalized spacial score (nSPS) is 9.78. The monoisotopic (exact) mass is 243 g/mol. The van der Waals surface area contributed by atoms with Crippen molar-refractivity contribution in [2.75, 3.05) is 16.8 Å². The lowest BCUT2D eigenvalue weighted by Crippen LogP contribution is -1.99. The minimum Gasteiger partial charge on any atom is -0.457 e. The smallest absolute Gasteiger partial charge is 0.211 e. The van der Waals surface area contributed by atoms with E-state index in [9.17, 15) is 4.79 Å². The zero-order valence-electron chi connectivity index (χ0n) is 9.59. The molecular formula is C13H13N3O2. The number of carbonyl (C=O) groups is 1. The fourth-order valence-corrected chi connectivity index (χ4v) is 1.46. The van der Waals surface area contributed by atoms with Crippen LogP contribution in [0.4, 0.5) is 17.1 Å². The average molecular weight is 243 g/mol. The maximum atomic E-state index is 10.4. The summed E-state index contributed by atoms with van der Waals surface area (Å²) in [6, 6.07) is 12.1. The van der Waals surface area contributed by atoms with Crippen molar-refractivity contribution in [1.82, 2.24) is 0 Å². The molecule has 0 aromatic heterocycles. The van der Waals surface area contributed by atoms with Gasteiger partial charge in [-0.1, -0.05) is 0 Å². The first-order valence-electron chi connectivity index (χ1n) is 5.32. The molecule has 0 fully saturated rings. The van der Waals surface area contributed by atoms with Crippen LogP contribution >= 0.6 is 0 Å². The highest BCUT2D eigenvalue weighted by molar-refractivity contribution is 5.80. The summed E-state index contributed by atoms with van der Waals surface area (Å²) in [5.74, 6) is 1.24. The van der Waals surface area contributed by atoms with Gasteiger partial charge in [0.2, 0.25) is 6.41 Å². The van der Waals surface area contributed by atoms with Gasteiger partial charge in [0.25, 0.3) is 0 Å². The molecule has 2 rings (SSSR count). The van der Waals surface area contributed by atoms with Crippen molar-refractivity contribution in [2.24, 2.45) is 0 Å². The van der Waals surface area contributed by atoms with Crippen molar-refractivity contribution in [3.05, 3.63) is 42.5 Å². The molecule has 0 unspecified atom stereocenters. The summed E-state index contributed by atoms with van der Waals surface area (Å²) in [4.78, 5) is 10.4. The summed E-state index contributed by atoms with van der Waals surface area (Å²) >= 11 is 0. The number of nitrogen functional groups attached to an aromatic ring is 2. The summed E-state index contributed by atoms with van der Waals surface area (Å²) in [7, 11) is 0. The maximum absolute atomic E-state index is 10.4. The Labute approximate surface area is 104 Å². The molecular weight excluding hydrogens is 230 g/mol. The van der Waals surface area contributed by atoms with Crippen molar-refractivity contribution >= 4 is 23.5 Å². The van der Waals surface area contributed by atoms with Gasteiger partial charge in [-0.2, -0.15) is 0 Å². The van der Waals surface area contributed by atoms with Gasteiger partial charge in [0.15, 0.2) is 0 Å². The molecule has 2 aromatic carbocycles. The number of hydrogen-bond acceptors (Lipinski definition) is 4. The Morgan fingerprint density at radius 1 is 1.00 bits per heavy atom. The van der Waals surface area contributed by atoms with E-state index in [0.29, 0.717) is 35.0 Å². The first kappa shape index (κ1) is 11.8. The molecule has 0 aliphatic rings. The van der Waals surface area contributed by atoms with Gasteiger partial charge in [-0.25, -0.2) is 0 Å². The molecule has 0 spiro atoms. The fraction of sp³-hybridized carbons (Fsp3) is 0. The number of nitrogens with two attached hydrogens (primary N) is 2. The van der Waals surface area contributed by atoms with Gasteiger partial charge in [0.1, 0.15) is 11.5 Å². The molecule has 5 N–H and O–H groups in total. The van der Waals surface area contributed by atoms with Gasteiger partial charge in [0, 0.05) is 11.8 Å². The van der Waals surface area contributed by atoms with Gasteiger partial charge >= 0.3 is 0 Å². The quantitative estimate of drug-likeness (QED) is 0.567. The molecule has 0 bridgehead atoms. The second-order valence-electron chi connectivity index (χ2n) is 3.68. The Morgan fingerprint density at radius 3 is 2.33 bits per heavy atom. The second-order valence-corrected chi connectivity index (χ2v) is 3.68. The van der Waals surface area contributed by atoms with E-state index in [4.69, 9.17) is 16.2 Å². The lowest BCUT2D eigenvalue weighted by Gasteiger charge is -2.09. The second kappa shape index (κ2) is 5.09. The Kier molecular flexibility index (Phi) is 3.33. The molecule has 0 atom stereocenters. The van der Waals surface area contributed by atoms with Crippen LogP contribution in [-0.2, 0) is 4.79 Å². The van der Waals surface area contributed by atoms with Crippen molar-refractivity contribution in [3.63, 3.8) is 0 Å². The number of hydrogen-bond donors (Lipinski definition) is 3. The first-order chi connectivity index (χ1) is 8.69. The van der Waals surface area contributed by atoms with Crippen LogP contribution in [0, 0.1) is 0 Å². The highest BCUT2D eigenvalue weighted by atomic mass is 16.5. The van der Waals surface area contributed by atoms with Crippen molar-refractivity contribution in [3.8, 4) is 11.5 Å². The molecule has 0 heterocycles. The standard InChI is InChI=1S/C13H13N3O2/c14-9-1-3-10(4-2-9)18-11-5-6-12(15)13(7-11)16-8-17/h1-8H,14-15H2,(H,16,17). The third kappa shape index (κ3) is 2.70. The molecule has 1 amide bonds. The third-order valence-corrected chi connectivity index (χ3v) is 2.35. The van der Waals surface area contributed by atoms with Gasteiger partial charge in [0.05, 0.1) is 11.4 Å². The number of ether oxygens (including phenoxy) is 1. The highest BCUT2D eigenvalue weighted by Crippen LogP contribution is 2.28. The summed E-state index contributed by atoms with van der Waals surface area (Å²) in [5, 5.41) is 2.51. The van der Waals surface area contributed by atoms with Crippen LogP contribution in [0.1, 0.15) is 0 Å². The van der Waals surface area contributed by atoms with Crippen LogP contribution in [0.15, 0.2) is 42.5 Å². The Balaban J connectivity index is 2.21. The molecule has 0 saturated carbocycles. The fourth-order valence-electron chi connectivity index (χ4n) is 1.46. The summed E-state index contributed by atoms with van der Waals surface area (Å²) in [5.41, 5.74) is 12.9. The Bertz CT molecular complexity index is 553. The number of nitrogens with one attached hydrogen (secondary N) is 1. The van der Waals surface area contributed by atoms with E-state index in [1.807, 2.05) is 0 Å². The van der Waals surface area contributed by atoms with E-state index in [2.05, 4.69) is 5.32 Å². The van der Waals surface area contributed by atoms with E-state index in [1.54, 1.807) is 42.5 Å². The predicted molar refractivity (Wildman–Crippen MR) is 71.5 cm³/mol. The van der Waals surface area contributed by atoms with Crippen molar-refractivity contribution < 1.29 is 9.53 Å². The number of benzene rings is 2. The van der Waals surface area contributed by atoms with Crippen LogP contribution in [0.3, 0.4) is 0 Å². The minimum atomic E-state index is 0.478. The molecule has 0 aliphatic heterocycles. The SMILES string of the molecule is Nc1ccc(Oc2ccc(N)c(NC=O)c2)cc1. The summed E-state index contributed by atoms with van der Waals surface area (Å²) in [6.07, 6.45) is 0.568. The van der Waals surface area contributed by atoms with E-state index in [1.165, 1.54) is 0 Å². The van der Waals surface area contributed by atoms with Gasteiger partial charge in [-0.15, -0.1) is 0 Å². The Morgan fingerprint density at radius 2 is 1.67 bits per heavy atom. The molecule has 92 valence electrons. The number of amides is 1. The van der Waals surface area contributed by atoms with Gasteiger partial charge < -0.3 is 21.5 Å². The van der Waals surface area contributed by atoms with Crippen LogP contribution in [0.25, 0.3) is 0 Å². The van der Waals surface area contributed by atoms with Crippen LogP contribution in [-0.4, -0.2) is 6.41 Å². The molecule has 5 heteroatoms. The largest absolute Gasteiger partial charge is 0.457 e. The zero-order chi connectivity index (χ0) is 13.0. The Hall–Kier alpha value is -2.69. The van der Waals surface area contributed by atoms with Gasteiger partial charge in [-0.05, 0) is 36.4 Å². The summed E-state index contributed by atoms with van der Waals surface area (Å²) < 4.78 is 5.61. The molecule has 5 nitrogen and oxygen atoms in total. The topological polar surface area (TPSA) is 90.4 Å². The molecule has 2 aromatic rings. The molecule has 0 radical (unpaired) electrons. The van der Waals surface area contributed by atoms with E-state index in [-0.39, 0.29) is 0 Å². The van der Waals surface area contributed by atoms with Crippen LogP contribution in [0.2, 0.25) is 0 Å². The zero-order valence-corrected chi connectivity index (χ0v) is 9.59. The van der Waals surface area contributed by atoms with E-state index in [0.717, 1.165) is 0 Å². The lowest BCUT2D eigenvalue weighted by atomic mass is 10.2. The number of carbonyl (C=O) groups excluding carboxylic acids is 1. The number of rotatable bonds is 4. The van der Waals surface area contributed by atoms with Crippen LogP contribution < -0.4 is 21.5 Å². The van der Waals surface area contributed by atoms with E-state index < -0.39 is 0 Å². The molecule has 18 heavy (non-hydrogen) atoms. The predicted octanol–water partition coefficient (Wildman–Crippen LogP) is 2.21. The van der Waals surface area contributed by atoms with Gasteiger partial charge in [-0.3, -0.25) is 4.79 Å². The third-order valence-electron chi connectivity index (χ3n) is 2.35. The lowest BCUT2D eigenvalue weighted by molar-refractivity contribution is -0.105. The van der Waals surface area contributed by atoms with Crippen molar-refractivity contribution in [2.45, 2.75) is 0 Å². The first-order valence-corrected chi connectivity index (χ1v) is 5.32. The van der Waals surface area contributed by atoms with E-state index >= 15 is 0 Å². The average Bonchev–Trinajstić information content (AvgIpc) is 2.37. The highest BCUT2D eigenvalue weighted by Gasteiger charge is 2.02. The molecule has 0 saturated heterocycles.